The summed E-state index contributed by atoms with van der Waals surface area (Å²) >= 11 is 0. The number of aryl methyl sites for hydroxylation is 1. The second-order valence-electron chi connectivity index (χ2n) is 3.11. The minimum Gasteiger partial charge on any atom is -0.478 e. The fourth-order valence-corrected chi connectivity index (χ4v) is 1.23. The van der Waals surface area contributed by atoms with Crippen molar-refractivity contribution in [1.29, 1.82) is 0 Å². The SMILES string of the molecule is Cc1noc(Cn2ccc(C(=O)O)c2)n1. The topological polar surface area (TPSA) is 81.2 Å². The van der Waals surface area contributed by atoms with Gasteiger partial charge in [0.15, 0.2) is 5.82 Å². The molecule has 0 aromatic carbocycles. The number of nitrogens with zero attached hydrogens (tertiary/aromatic N) is 3. The Hall–Kier alpha value is -2.11. The lowest BCUT2D eigenvalue weighted by Gasteiger charge is -1.95. The van der Waals surface area contributed by atoms with Crippen LogP contribution in [0.2, 0.25) is 0 Å². The molecule has 0 aliphatic carbocycles. The quantitative estimate of drug-likeness (QED) is 0.809. The van der Waals surface area contributed by atoms with E-state index in [1.165, 1.54) is 12.3 Å². The number of rotatable bonds is 3. The highest BCUT2D eigenvalue weighted by Crippen LogP contribution is 2.04. The van der Waals surface area contributed by atoms with Crippen LogP contribution in [0, 0.1) is 6.92 Å². The molecular weight excluding hydrogens is 198 g/mol. The molecule has 2 rings (SSSR count). The van der Waals surface area contributed by atoms with Crippen LogP contribution in [0.3, 0.4) is 0 Å². The van der Waals surface area contributed by atoms with Crippen LogP contribution in [-0.2, 0) is 6.54 Å². The first kappa shape index (κ1) is 9.45. The van der Waals surface area contributed by atoms with Crippen LogP contribution in [0.1, 0.15) is 22.1 Å². The number of carboxylic acids is 1. The molecule has 78 valence electrons. The van der Waals surface area contributed by atoms with Crippen LogP contribution in [-0.4, -0.2) is 25.8 Å². The second kappa shape index (κ2) is 3.56. The molecule has 0 unspecified atom stereocenters. The Morgan fingerprint density at radius 3 is 3.00 bits per heavy atom. The molecule has 6 heteroatoms. The first-order valence-electron chi connectivity index (χ1n) is 4.33. The van der Waals surface area contributed by atoms with E-state index in [2.05, 4.69) is 10.1 Å². The monoisotopic (exact) mass is 207 g/mol. The molecular formula is C9H9N3O3. The van der Waals surface area contributed by atoms with Gasteiger partial charge in [-0.3, -0.25) is 0 Å². The summed E-state index contributed by atoms with van der Waals surface area (Å²) in [5.41, 5.74) is 0.242. The number of carbonyl (C=O) groups is 1. The Morgan fingerprint density at radius 2 is 2.47 bits per heavy atom. The fourth-order valence-electron chi connectivity index (χ4n) is 1.23. The number of aromatic nitrogens is 3. The molecule has 0 atom stereocenters. The Kier molecular flexibility index (Phi) is 2.24. The summed E-state index contributed by atoms with van der Waals surface area (Å²) in [5.74, 6) is 0.0751. The normalized spacial score (nSPS) is 10.5. The molecule has 2 aromatic heterocycles. The third-order valence-electron chi connectivity index (χ3n) is 1.88. The van der Waals surface area contributed by atoms with Crippen LogP contribution in [0.25, 0.3) is 0 Å². The highest BCUT2D eigenvalue weighted by atomic mass is 16.5. The lowest BCUT2D eigenvalue weighted by molar-refractivity contribution is 0.0697. The predicted octanol–water partition coefficient (Wildman–Crippen LogP) is 0.926. The van der Waals surface area contributed by atoms with Gasteiger partial charge in [0.25, 0.3) is 0 Å². The van der Waals surface area contributed by atoms with Crippen LogP contribution in [0.5, 0.6) is 0 Å². The summed E-state index contributed by atoms with van der Waals surface area (Å²) in [6, 6.07) is 1.52. The van der Waals surface area contributed by atoms with E-state index in [0.29, 0.717) is 18.3 Å². The minimum atomic E-state index is -0.949. The summed E-state index contributed by atoms with van der Waals surface area (Å²) < 4.78 is 6.59. The van der Waals surface area contributed by atoms with Gasteiger partial charge >= 0.3 is 5.97 Å². The molecule has 2 aromatic rings. The maximum Gasteiger partial charge on any atom is 0.337 e. The zero-order valence-corrected chi connectivity index (χ0v) is 8.04. The van der Waals surface area contributed by atoms with Crippen molar-refractivity contribution in [2.24, 2.45) is 0 Å². The molecule has 6 nitrogen and oxygen atoms in total. The Morgan fingerprint density at radius 1 is 1.67 bits per heavy atom. The Bertz CT molecular complexity index is 486. The molecule has 0 aliphatic rings. The average molecular weight is 207 g/mol. The van der Waals surface area contributed by atoms with Crippen molar-refractivity contribution < 1.29 is 14.4 Å². The van der Waals surface area contributed by atoms with Gasteiger partial charge in [0.1, 0.15) is 6.54 Å². The molecule has 0 fully saturated rings. The van der Waals surface area contributed by atoms with E-state index in [1.54, 1.807) is 17.7 Å². The van der Waals surface area contributed by atoms with Gasteiger partial charge in [-0.1, -0.05) is 5.16 Å². The first-order chi connectivity index (χ1) is 7.15. The maximum absolute atomic E-state index is 10.6. The van der Waals surface area contributed by atoms with Gasteiger partial charge in [0.05, 0.1) is 5.56 Å². The first-order valence-corrected chi connectivity index (χ1v) is 4.33. The molecule has 0 saturated carbocycles. The minimum absolute atomic E-state index is 0.242. The van der Waals surface area contributed by atoms with Crippen molar-refractivity contribution >= 4 is 5.97 Å². The second-order valence-corrected chi connectivity index (χ2v) is 3.11. The van der Waals surface area contributed by atoms with Crippen molar-refractivity contribution in [2.75, 3.05) is 0 Å². The Balaban J connectivity index is 2.14. The zero-order chi connectivity index (χ0) is 10.8. The van der Waals surface area contributed by atoms with Crippen LogP contribution in [0.15, 0.2) is 23.0 Å². The van der Waals surface area contributed by atoms with Gasteiger partial charge in [0.2, 0.25) is 5.89 Å². The third kappa shape index (κ3) is 2.04. The molecule has 15 heavy (non-hydrogen) atoms. The summed E-state index contributed by atoms with van der Waals surface area (Å²) in [5, 5.41) is 12.3. The molecule has 0 spiro atoms. The van der Waals surface area contributed by atoms with Crippen molar-refractivity contribution in [3.63, 3.8) is 0 Å². The van der Waals surface area contributed by atoms with E-state index in [9.17, 15) is 4.79 Å². The fraction of sp³-hybridized carbons (Fsp3) is 0.222. The van der Waals surface area contributed by atoms with E-state index in [0.717, 1.165) is 0 Å². The van der Waals surface area contributed by atoms with Gasteiger partial charge in [-0.2, -0.15) is 4.98 Å². The molecule has 0 amide bonds. The molecule has 0 saturated heterocycles. The highest BCUT2D eigenvalue weighted by Gasteiger charge is 2.07. The lowest BCUT2D eigenvalue weighted by atomic mass is 10.4. The van der Waals surface area contributed by atoms with Gasteiger partial charge in [-0.15, -0.1) is 0 Å². The number of hydrogen-bond donors (Lipinski definition) is 1. The van der Waals surface area contributed by atoms with Crippen molar-refractivity contribution in [1.82, 2.24) is 14.7 Å². The van der Waals surface area contributed by atoms with E-state index >= 15 is 0 Å². The van der Waals surface area contributed by atoms with Crippen molar-refractivity contribution in [3.05, 3.63) is 35.7 Å². The third-order valence-corrected chi connectivity index (χ3v) is 1.88. The summed E-state index contributed by atoms with van der Waals surface area (Å²) in [4.78, 5) is 14.6. The van der Waals surface area contributed by atoms with E-state index in [-0.39, 0.29) is 5.56 Å². The zero-order valence-electron chi connectivity index (χ0n) is 8.04. The molecule has 1 N–H and O–H groups in total. The summed E-state index contributed by atoms with van der Waals surface area (Å²) in [6.07, 6.45) is 3.17. The van der Waals surface area contributed by atoms with E-state index in [1.807, 2.05) is 0 Å². The number of carboxylic acid groups (broad SMARTS) is 1. The molecule has 0 aliphatic heterocycles. The average Bonchev–Trinajstić information content (AvgIpc) is 2.76. The predicted molar refractivity (Wildman–Crippen MR) is 49.5 cm³/mol. The Labute approximate surface area is 85.1 Å². The highest BCUT2D eigenvalue weighted by molar-refractivity contribution is 5.87. The van der Waals surface area contributed by atoms with Crippen molar-refractivity contribution in [3.8, 4) is 0 Å². The summed E-state index contributed by atoms with van der Waals surface area (Å²) in [6.45, 7) is 2.11. The van der Waals surface area contributed by atoms with Gasteiger partial charge in [0, 0.05) is 12.4 Å². The standard InChI is InChI=1S/C9H9N3O3/c1-6-10-8(15-11-6)5-12-3-2-7(4-12)9(13)14/h2-4H,5H2,1H3,(H,13,14). The largest absolute Gasteiger partial charge is 0.478 e. The van der Waals surface area contributed by atoms with Crippen LogP contribution < -0.4 is 0 Å². The van der Waals surface area contributed by atoms with Gasteiger partial charge < -0.3 is 14.2 Å². The van der Waals surface area contributed by atoms with Gasteiger partial charge in [-0.25, -0.2) is 4.79 Å². The van der Waals surface area contributed by atoms with E-state index < -0.39 is 5.97 Å². The maximum atomic E-state index is 10.6. The summed E-state index contributed by atoms with van der Waals surface area (Å²) in [7, 11) is 0. The van der Waals surface area contributed by atoms with Crippen molar-refractivity contribution in [2.45, 2.75) is 13.5 Å². The van der Waals surface area contributed by atoms with Crippen LogP contribution in [0.4, 0.5) is 0 Å². The molecule has 2 heterocycles. The number of hydrogen-bond acceptors (Lipinski definition) is 4. The molecule has 0 radical (unpaired) electrons. The van der Waals surface area contributed by atoms with Gasteiger partial charge in [-0.05, 0) is 13.0 Å². The van der Waals surface area contributed by atoms with Crippen LogP contribution >= 0.6 is 0 Å². The number of aromatic carboxylic acids is 1. The smallest absolute Gasteiger partial charge is 0.337 e. The van der Waals surface area contributed by atoms with E-state index in [4.69, 9.17) is 9.63 Å². The molecule has 0 bridgehead atoms. The lowest BCUT2D eigenvalue weighted by Crippen LogP contribution is -1.98.